The Labute approximate surface area is 96.5 Å². The highest BCUT2D eigenvalue weighted by Crippen LogP contribution is 2.40. The molecule has 0 aliphatic heterocycles. The second-order valence-electron chi connectivity index (χ2n) is 4.14. The normalized spacial score (nSPS) is 24.1. The number of hydrogen-bond acceptors (Lipinski definition) is 3. The first kappa shape index (κ1) is 12.8. The van der Waals surface area contributed by atoms with Crippen LogP contribution in [0.4, 0.5) is 0 Å². The molecule has 1 rings (SSSR count). The van der Waals surface area contributed by atoms with Crippen molar-refractivity contribution in [2.45, 2.75) is 45.4 Å². The summed E-state index contributed by atoms with van der Waals surface area (Å²) in [5.74, 6) is 2.21. The maximum atomic E-state index is 11.9. The fourth-order valence-electron chi connectivity index (χ4n) is 2.27. The molecule has 0 bridgehead atoms. The SMILES string of the molecule is C#CCCC[C@]1(C(=O)OCC)CCCC1=O. The Morgan fingerprint density at radius 2 is 2.38 bits per heavy atom. The van der Waals surface area contributed by atoms with Crippen LogP contribution in [-0.4, -0.2) is 18.4 Å². The molecule has 0 aromatic rings. The van der Waals surface area contributed by atoms with Gasteiger partial charge in [-0.2, -0.15) is 0 Å². The molecule has 1 aliphatic carbocycles. The Kier molecular flexibility index (Phi) is 4.54. The molecule has 0 heterocycles. The fraction of sp³-hybridized carbons (Fsp3) is 0.692. The third kappa shape index (κ3) is 2.44. The highest BCUT2D eigenvalue weighted by molar-refractivity contribution is 6.05. The van der Waals surface area contributed by atoms with Crippen molar-refractivity contribution in [1.29, 1.82) is 0 Å². The number of esters is 1. The Morgan fingerprint density at radius 3 is 2.88 bits per heavy atom. The van der Waals surface area contributed by atoms with Crippen LogP contribution in [0.25, 0.3) is 0 Å². The summed E-state index contributed by atoms with van der Waals surface area (Å²) in [5, 5.41) is 0. The second kappa shape index (κ2) is 5.69. The minimum absolute atomic E-state index is 0.0305. The van der Waals surface area contributed by atoms with Crippen LogP contribution in [0.5, 0.6) is 0 Å². The average Bonchev–Trinajstić information content (AvgIpc) is 2.62. The summed E-state index contributed by atoms with van der Waals surface area (Å²) in [7, 11) is 0. The zero-order valence-electron chi connectivity index (χ0n) is 9.75. The maximum absolute atomic E-state index is 11.9. The zero-order chi connectivity index (χ0) is 12.0. The van der Waals surface area contributed by atoms with Gasteiger partial charge in [0.05, 0.1) is 6.61 Å². The summed E-state index contributed by atoms with van der Waals surface area (Å²) in [4.78, 5) is 23.7. The van der Waals surface area contributed by atoms with Crippen molar-refractivity contribution in [2.75, 3.05) is 6.61 Å². The molecule has 1 aliphatic rings. The van der Waals surface area contributed by atoms with Crippen LogP contribution in [0.15, 0.2) is 0 Å². The van der Waals surface area contributed by atoms with Gasteiger partial charge in [-0.05, 0) is 32.6 Å². The van der Waals surface area contributed by atoms with Crippen LogP contribution in [0.1, 0.15) is 45.4 Å². The van der Waals surface area contributed by atoms with Crippen molar-refractivity contribution >= 4 is 11.8 Å². The van der Waals surface area contributed by atoms with Crippen molar-refractivity contribution in [3.05, 3.63) is 0 Å². The molecule has 0 aromatic carbocycles. The van der Waals surface area contributed by atoms with Crippen LogP contribution >= 0.6 is 0 Å². The van der Waals surface area contributed by atoms with E-state index in [4.69, 9.17) is 11.2 Å². The largest absolute Gasteiger partial charge is 0.465 e. The Hall–Kier alpha value is -1.30. The molecule has 0 N–H and O–H groups in total. The average molecular weight is 222 g/mol. The van der Waals surface area contributed by atoms with E-state index in [9.17, 15) is 9.59 Å². The fourth-order valence-corrected chi connectivity index (χ4v) is 2.27. The van der Waals surface area contributed by atoms with Crippen LogP contribution in [-0.2, 0) is 14.3 Å². The van der Waals surface area contributed by atoms with E-state index in [1.165, 1.54) is 0 Å². The van der Waals surface area contributed by atoms with Crippen LogP contribution in [0, 0.1) is 17.8 Å². The lowest BCUT2D eigenvalue weighted by Crippen LogP contribution is -2.36. The number of terminal acetylenes is 1. The quantitative estimate of drug-likeness (QED) is 0.309. The van der Waals surface area contributed by atoms with Gasteiger partial charge in [0.15, 0.2) is 0 Å². The van der Waals surface area contributed by atoms with E-state index in [0.717, 1.165) is 6.42 Å². The molecule has 1 saturated carbocycles. The lowest BCUT2D eigenvalue weighted by Gasteiger charge is -2.24. The summed E-state index contributed by atoms with van der Waals surface area (Å²) < 4.78 is 5.02. The number of carbonyl (C=O) groups is 2. The molecule has 16 heavy (non-hydrogen) atoms. The molecular weight excluding hydrogens is 204 g/mol. The molecule has 0 saturated heterocycles. The molecule has 0 radical (unpaired) electrons. The predicted molar refractivity (Wildman–Crippen MR) is 60.6 cm³/mol. The van der Waals surface area contributed by atoms with E-state index >= 15 is 0 Å². The molecule has 3 nitrogen and oxygen atoms in total. The molecular formula is C13H18O3. The molecule has 0 unspecified atom stereocenters. The van der Waals surface area contributed by atoms with Crippen molar-refractivity contribution in [3.8, 4) is 12.3 Å². The molecule has 0 spiro atoms. The summed E-state index contributed by atoms with van der Waals surface area (Å²) in [6.07, 6.45) is 8.93. The number of ether oxygens (including phenoxy) is 1. The first-order valence-corrected chi connectivity index (χ1v) is 5.81. The van der Waals surface area contributed by atoms with Gasteiger partial charge in [0, 0.05) is 12.8 Å². The number of ketones is 1. The molecule has 0 aromatic heterocycles. The van der Waals surface area contributed by atoms with Crippen molar-refractivity contribution < 1.29 is 14.3 Å². The standard InChI is InChI=1S/C13H18O3/c1-3-5-6-9-13(12(15)16-4-2)10-7-8-11(13)14/h1H,4-10H2,2H3/t13-/m0/s1. The van der Waals surface area contributed by atoms with Gasteiger partial charge in [0.25, 0.3) is 0 Å². The smallest absolute Gasteiger partial charge is 0.319 e. The van der Waals surface area contributed by atoms with E-state index in [0.29, 0.717) is 38.7 Å². The zero-order valence-corrected chi connectivity index (χ0v) is 9.75. The summed E-state index contributed by atoms with van der Waals surface area (Å²) in [6.45, 7) is 2.08. The van der Waals surface area contributed by atoms with Crippen molar-refractivity contribution in [2.24, 2.45) is 5.41 Å². The van der Waals surface area contributed by atoms with Gasteiger partial charge in [-0.1, -0.05) is 0 Å². The first-order valence-electron chi connectivity index (χ1n) is 5.81. The minimum Gasteiger partial charge on any atom is -0.465 e. The maximum Gasteiger partial charge on any atom is 0.319 e. The monoisotopic (exact) mass is 222 g/mol. The molecule has 0 amide bonds. The number of hydrogen-bond donors (Lipinski definition) is 0. The highest BCUT2D eigenvalue weighted by atomic mass is 16.5. The van der Waals surface area contributed by atoms with Gasteiger partial charge in [0.2, 0.25) is 0 Å². The molecule has 1 atom stereocenters. The Balaban J connectivity index is 2.73. The molecule has 3 heteroatoms. The molecule has 1 fully saturated rings. The Morgan fingerprint density at radius 1 is 1.62 bits per heavy atom. The number of unbranched alkanes of at least 4 members (excludes halogenated alkanes) is 1. The van der Waals surface area contributed by atoms with E-state index < -0.39 is 5.41 Å². The summed E-state index contributed by atoms with van der Waals surface area (Å²) in [5.41, 5.74) is -0.882. The van der Waals surface area contributed by atoms with E-state index in [1.54, 1.807) is 6.92 Å². The van der Waals surface area contributed by atoms with Gasteiger partial charge in [-0.15, -0.1) is 12.3 Å². The van der Waals surface area contributed by atoms with Crippen LogP contribution in [0.2, 0.25) is 0 Å². The van der Waals surface area contributed by atoms with Gasteiger partial charge in [-0.25, -0.2) is 0 Å². The lowest BCUT2D eigenvalue weighted by molar-refractivity contribution is -0.159. The predicted octanol–water partition coefficient (Wildman–Crippen LogP) is 2.09. The third-order valence-corrected chi connectivity index (χ3v) is 3.13. The van der Waals surface area contributed by atoms with Gasteiger partial charge in [0.1, 0.15) is 11.2 Å². The summed E-state index contributed by atoms with van der Waals surface area (Å²) >= 11 is 0. The topological polar surface area (TPSA) is 43.4 Å². The van der Waals surface area contributed by atoms with Crippen molar-refractivity contribution in [3.63, 3.8) is 0 Å². The molecule has 88 valence electrons. The number of Topliss-reactive ketones (excluding diaryl/α,β-unsaturated/α-hetero) is 1. The second-order valence-corrected chi connectivity index (χ2v) is 4.14. The van der Waals surface area contributed by atoms with Gasteiger partial charge >= 0.3 is 5.97 Å². The van der Waals surface area contributed by atoms with Crippen LogP contribution < -0.4 is 0 Å². The van der Waals surface area contributed by atoms with E-state index in [1.807, 2.05) is 0 Å². The van der Waals surface area contributed by atoms with Crippen LogP contribution in [0.3, 0.4) is 0 Å². The third-order valence-electron chi connectivity index (χ3n) is 3.13. The first-order chi connectivity index (χ1) is 7.67. The minimum atomic E-state index is -0.882. The van der Waals surface area contributed by atoms with E-state index in [-0.39, 0.29) is 11.8 Å². The number of carbonyl (C=O) groups excluding carboxylic acids is 2. The lowest BCUT2D eigenvalue weighted by atomic mass is 9.80. The summed E-state index contributed by atoms with van der Waals surface area (Å²) in [6, 6.07) is 0. The van der Waals surface area contributed by atoms with Gasteiger partial charge in [-0.3, -0.25) is 9.59 Å². The highest BCUT2D eigenvalue weighted by Gasteiger charge is 2.48. The van der Waals surface area contributed by atoms with E-state index in [2.05, 4.69) is 5.92 Å². The number of rotatable bonds is 5. The van der Waals surface area contributed by atoms with Gasteiger partial charge < -0.3 is 4.74 Å². The van der Waals surface area contributed by atoms with Crippen molar-refractivity contribution in [1.82, 2.24) is 0 Å². The Bertz CT molecular complexity index is 314.